The van der Waals surface area contributed by atoms with Crippen molar-refractivity contribution < 1.29 is 14.3 Å². The van der Waals surface area contributed by atoms with Crippen molar-refractivity contribution in [2.45, 2.75) is 76.9 Å². The highest BCUT2D eigenvalue weighted by Crippen LogP contribution is 2.29. The molecule has 3 aromatic rings. The van der Waals surface area contributed by atoms with Crippen molar-refractivity contribution in [2.75, 3.05) is 11.9 Å². The van der Waals surface area contributed by atoms with Gasteiger partial charge in [0, 0.05) is 23.7 Å². The molecule has 6 nitrogen and oxygen atoms in total. The second-order valence-corrected chi connectivity index (χ2v) is 9.70. The normalized spacial score (nSPS) is 15.2. The molecule has 1 atom stereocenters. The predicted molar refractivity (Wildman–Crippen MR) is 142 cm³/mol. The van der Waals surface area contributed by atoms with Crippen LogP contribution in [0.5, 0.6) is 0 Å². The first-order valence-electron chi connectivity index (χ1n) is 13.1. The number of hydrogen-bond acceptors (Lipinski definition) is 4. The van der Waals surface area contributed by atoms with E-state index < -0.39 is 23.2 Å². The van der Waals surface area contributed by atoms with E-state index in [-0.39, 0.29) is 29.6 Å². The summed E-state index contributed by atoms with van der Waals surface area (Å²) in [4.78, 5) is 26.7. The van der Waals surface area contributed by atoms with E-state index in [4.69, 9.17) is 0 Å². The molecule has 36 heavy (non-hydrogen) atoms. The summed E-state index contributed by atoms with van der Waals surface area (Å²) in [5.41, 5.74) is 1.18. The van der Waals surface area contributed by atoms with E-state index in [0.29, 0.717) is 11.2 Å². The van der Waals surface area contributed by atoms with Gasteiger partial charge in [-0.05, 0) is 43.4 Å². The Bertz CT molecular complexity index is 1250. The molecule has 0 bridgehead atoms. The molecule has 0 spiro atoms. The highest BCUT2D eigenvalue weighted by Gasteiger charge is 2.23. The summed E-state index contributed by atoms with van der Waals surface area (Å²) in [5, 5.41) is 16.2. The van der Waals surface area contributed by atoms with Crippen LogP contribution < -0.4 is 16.1 Å². The first-order chi connectivity index (χ1) is 17.5. The van der Waals surface area contributed by atoms with Gasteiger partial charge in [-0.1, -0.05) is 63.4 Å². The van der Waals surface area contributed by atoms with Crippen molar-refractivity contribution in [1.29, 1.82) is 0 Å². The fraction of sp³-hybridized carbons (Fsp3) is 0.448. The molecule has 1 fully saturated rings. The fourth-order valence-corrected chi connectivity index (χ4v) is 5.25. The Morgan fingerprint density at radius 1 is 1.11 bits per heavy atom. The van der Waals surface area contributed by atoms with Crippen LogP contribution in [-0.4, -0.2) is 28.2 Å². The number of benzene rings is 2. The number of amides is 1. The number of fused-ring (bicyclic) bond motifs is 1. The Labute approximate surface area is 211 Å². The molecule has 1 heterocycles. The molecular formula is C29H36FN3O3. The smallest absolute Gasteiger partial charge is 0.257 e. The van der Waals surface area contributed by atoms with Crippen molar-refractivity contribution >= 4 is 22.5 Å². The molecule has 1 saturated carbocycles. The number of nitrogens with one attached hydrogen (secondary N) is 2. The second-order valence-electron chi connectivity index (χ2n) is 9.70. The van der Waals surface area contributed by atoms with E-state index in [1.807, 2.05) is 22.8 Å². The van der Waals surface area contributed by atoms with Crippen molar-refractivity contribution in [3.05, 3.63) is 75.8 Å². The van der Waals surface area contributed by atoms with E-state index in [9.17, 15) is 14.7 Å². The molecule has 1 aliphatic rings. The van der Waals surface area contributed by atoms with Crippen molar-refractivity contribution in [3.63, 3.8) is 0 Å². The number of hydrogen-bond donors (Lipinski definition) is 3. The van der Waals surface area contributed by atoms with Crippen LogP contribution in [-0.2, 0) is 0 Å². The SMILES string of the molecule is CCC(CC)n1cc(C(=O)N[C@@H](CO)c2ccccc2)c(=O)c2cc(F)c(NC3CCCCC3)cc21. The molecule has 4 rings (SSSR count). The maximum absolute atomic E-state index is 15.2. The van der Waals surface area contributed by atoms with Crippen LogP contribution in [0.15, 0.2) is 53.5 Å². The van der Waals surface area contributed by atoms with E-state index in [2.05, 4.69) is 24.5 Å². The van der Waals surface area contributed by atoms with Gasteiger partial charge in [0.25, 0.3) is 5.91 Å². The van der Waals surface area contributed by atoms with E-state index in [1.54, 1.807) is 24.4 Å². The van der Waals surface area contributed by atoms with Gasteiger partial charge in [-0.25, -0.2) is 4.39 Å². The summed E-state index contributed by atoms with van der Waals surface area (Å²) >= 11 is 0. The molecule has 0 radical (unpaired) electrons. The number of carbonyl (C=O) groups excluding carboxylic acids is 1. The number of pyridine rings is 1. The van der Waals surface area contributed by atoms with Gasteiger partial charge >= 0.3 is 0 Å². The van der Waals surface area contributed by atoms with Gasteiger partial charge in [0.1, 0.15) is 11.4 Å². The quantitative estimate of drug-likeness (QED) is 0.357. The average Bonchev–Trinajstić information content (AvgIpc) is 2.91. The molecule has 2 aromatic carbocycles. The minimum Gasteiger partial charge on any atom is -0.394 e. The number of nitrogens with zero attached hydrogens (tertiary/aromatic N) is 1. The summed E-state index contributed by atoms with van der Waals surface area (Å²) in [6.45, 7) is 3.80. The summed E-state index contributed by atoms with van der Waals surface area (Å²) in [7, 11) is 0. The number of carbonyl (C=O) groups is 1. The third-order valence-electron chi connectivity index (χ3n) is 7.36. The number of aliphatic hydroxyl groups excluding tert-OH is 1. The first-order valence-corrected chi connectivity index (χ1v) is 13.1. The molecule has 0 aliphatic heterocycles. The lowest BCUT2D eigenvalue weighted by atomic mass is 9.95. The number of aromatic nitrogens is 1. The predicted octanol–water partition coefficient (Wildman–Crippen LogP) is 5.71. The van der Waals surface area contributed by atoms with Crippen LogP contribution in [0.3, 0.4) is 0 Å². The van der Waals surface area contributed by atoms with Crippen LogP contribution in [0.25, 0.3) is 10.9 Å². The molecule has 0 unspecified atom stereocenters. The van der Waals surface area contributed by atoms with Crippen molar-refractivity contribution in [2.24, 2.45) is 0 Å². The molecule has 192 valence electrons. The Kier molecular flexibility index (Phi) is 8.41. The molecular weight excluding hydrogens is 457 g/mol. The average molecular weight is 494 g/mol. The first kappa shape index (κ1) is 25.9. The standard InChI is InChI=1S/C29H36FN3O3/c1-3-21(4-2)33-17-23(29(36)32-26(18-34)19-11-7-5-8-12-19)28(35)22-15-24(30)25(16-27(22)33)31-20-13-9-6-10-14-20/h5,7-8,11-12,15-17,20-21,26,31,34H,3-4,6,9-10,13-14,18H2,1-2H3,(H,32,36)/t26-/m0/s1. The van der Waals surface area contributed by atoms with Crippen molar-refractivity contribution in [1.82, 2.24) is 9.88 Å². The van der Waals surface area contributed by atoms with Crippen LogP contribution in [0.4, 0.5) is 10.1 Å². The Morgan fingerprint density at radius 3 is 2.44 bits per heavy atom. The lowest BCUT2D eigenvalue weighted by Crippen LogP contribution is -2.34. The van der Waals surface area contributed by atoms with E-state index in [0.717, 1.165) is 44.1 Å². The van der Waals surface area contributed by atoms with E-state index in [1.165, 1.54) is 12.5 Å². The van der Waals surface area contributed by atoms with Gasteiger partial charge < -0.3 is 20.3 Å². The summed E-state index contributed by atoms with van der Waals surface area (Å²) in [6, 6.07) is 11.7. The van der Waals surface area contributed by atoms with Gasteiger partial charge in [-0.2, -0.15) is 0 Å². The third kappa shape index (κ3) is 5.46. The second kappa shape index (κ2) is 11.7. The van der Waals surface area contributed by atoms with Crippen LogP contribution in [0.2, 0.25) is 0 Å². The molecule has 7 heteroatoms. The number of halogens is 1. The Morgan fingerprint density at radius 2 is 1.81 bits per heavy atom. The minimum atomic E-state index is -0.658. The summed E-state index contributed by atoms with van der Waals surface area (Å²) in [6.07, 6.45) is 8.65. The maximum atomic E-state index is 15.2. The molecule has 0 saturated heterocycles. The van der Waals surface area contributed by atoms with Gasteiger partial charge in [0.15, 0.2) is 0 Å². The summed E-state index contributed by atoms with van der Waals surface area (Å²) in [5.74, 6) is -1.08. The van der Waals surface area contributed by atoms with Gasteiger partial charge in [0.05, 0.1) is 23.9 Å². The molecule has 3 N–H and O–H groups in total. The largest absolute Gasteiger partial charge is 0.394 e. The molecule has 1 aliphatic carbocycles. The van der Waals surface area contributed by atoms with Gasteiger partial charge in [-0.15, -0.1) is 0 Å². The number of rotatable bonds is 9. The number of anilines is 1. The highest BCUT2D eigenvalue weighted by atomic mass is 19.1. The van der Waals surface area contributed by atoms with Gasteiger partial charge in [0.2, 0.25) is 5.43 Å². The van der Waals surface area contributed by atoms with Crippen LogP contribution >= 0.6 is 0 Å². The zero-order valence-corrected chi connectivity index (χ0v) is 21.1. The van der Waals surface area contributed by atoms with Gasteiger partial charge in [-0.3, -0.25) is 9.59 Å². The minimum absolute atomic E-state index is 0.0374. The lowest BCUT2D eigenvalue weighted by Gasteiger charge is -2.26. The topological polar surface area (TPSA) is 83.4 Å². The maximum Gasteiger partial charge on any atom is 0.257 e. The Hall–Kier alpha value is -3.19. The molecule has 1 aromatic heterocycles. The number of aliphatic hydroxyl groups is 1. The van der Waals surface area contributed by atoms with Crippen LogP contribution in [0, 0.1) is 5.82 Å². The zero-order chi connectivity index (χ0) is 25.7. The highest BCUT2D eigenvalue weighted by molar-refractivity contribution is 5.98. The molecule has 1 amide bonds. The third-order valence-corrected chi connectivity index (χ3v) is 7.36. The fourth-order valence-electron chi connectivity index (χ4n) is 5.25. The summed E-state index contributed by atoms with van der Waals surface area (Å²) < 4.78 is 17.2. The van der Waals surface area contributed by atoms with Crippen LogP contribution in [0.1, 0.15) is 86.8 Å². The Balaban J connectivity index is 1.77. The monoisotopic (exact) mass is 493 g/mol. The zero-order valence-electron chi connectivity index (χ0n) is 21.1. The van der Waals surface area contributed by atoms with Crippen molar-refractivity contribution in [3.8, 4) is 0 Å². The van der Waals surface area contributed by atoms with E-state index >= 15 is 4.39 Å². The lowest BCUT2D eigenvalue weighted by molar-refractivity contribution is 0.0914.